The zero-order valence-corrected chi connectivity index (χ0v) is 20.6. The van der Waals surface area contributed by atoms with Gasteiger partial charge in [-0.05, 0) is 44.4 Å². The van der Waals surface area contributed by atoms with E-state index in [1.165, 1.54) is 0 Å². The maximum Gasteiger partial charge on any atom is 0.262 e. The van der Waals surface area contributed by atoms with Crippen molar-refractivity contribution in [3.8, 4) is 6.07 Å². The average Bonchev–Trinajstić information content (AvgIpc) is 3.08. The number of nitrogens with one attached hydrogen (secondary N) is 1. The van der Waals surface area contributed by atoms with Gasteiger partial charge in [0.25, 0.3) is 5.91 Å². The van der Waals surface area contributed by atoms with Crippen LogP contribution >= 0.6 is 0 Å². The van der Waals surface area contributed by atoms with Crippen molar-refractivity contribution < 1.29 is 14.3 Å². The van der Waals surface area contributed by atoms with Crippen LogP contribution in [-0.2, 0) is 14.3 Å². The van der Waals surface area contributed by atoms with E-state index in [9.17, 15) is 10.1 Å². The minimum atomic E-state index is -0.313. The predicted molar refractivity (Wildman–Crippen MR) is 127 cm³/mol. The highest BCUT2D eigenvalue weighted by molar-refractivity contribution is 6.01. The molecule has 1 aliphatic heterocycles. The summed E-state index contributed by atoms with van der Waals surface area (Å²) in [6.07, 6.45) is 3.82. The maximum absolute atomic E-state index is 12.9. The van der Waals surface area contributed by atoms with Gasteiger partial charge in [-0.2, -0.15) is 5.26 Å². The summed E-state index contributed by atoms with van der Waals surface area (Å²) in [5.41, 5.74) is 3.13. The SMILES string of the molecule is CCC(CC)C(CNC(=O)/C(C#N)=C\c1cc(C)n(C(C)COC)c1C)N1CCOCC1. The van der Waals surface area contributed by atoms with Crippen LogP contribution in [0.3, 0.4) is 0 Å². The van der Waals surface area contributed by atoms with Crippen molar-refractivity contribution in [2.45, 2.75) is 59.5 Å². The number of nitriles is 1. The first-order valence-electron chi connectivity index (χ1n) is 11.8. The third-order valence-electron chi connectivity index (χ3n) is 6.62. The molecule has 2 unspecified atom stereocenters. The van der Waals surface area contributed by atoms with E-state index < -0.39 is 0 Å². The smallest absolute Gasteiger partial charge is 0.262 e. The number of carbonyl (C=O) groups is 1. The van der Waals surface area contributed by atoms with E-state index in [4.69, 9.17) is 9.47 Å². The van der Waals surface area contributed by atoms with E-state index in [0.29, 0.717) is 19.1 Å². The molecule has 32 heavy (non-hydrogen) atoms. The monoisotopic (exact) mass is 444 g/mol. The van der Waals surface area contributed by atoms with E-state index in [1.807, 2.05) is 19.9 Å². The minimum Gasteiger partial charge on any atom is -0.383 e. The van der Waals surface area contributed by atoms with Gasteiger partial charge in [0.05, 0.1) is 25.9 Å². The van der Waals surface area contributed by atoms with Crippen LogP contribution in [0.15, 0.2) is 11.6 Å². The lowest BCUT2D eigenvalue weighted by atomic mass is 9.92. The summed E-state index contributed by atoms with van der Waals surface area (Å²) in [5.74, 6) is 0.176. The highest BCUT2D eigenvalue weighted by Crippen LogP contribution is 2.23. The third-order valence-corrected chi connectivity index (χ3v) is 6.62. The molecule has 1 amide bonds. The van der Waals surface area contributed by atoms with E-state index in [0.717, 1.165) is 56.1 Å². The molecule has 178 valence electrons. The molecular formula is C25H40N4O3. The lowest BCUT2D eigenvalue weighted by Gasteiger charge is -2.38. The Balaban J connectivity index is 2.17. The molecule has 1 saturated heterocycles. The van der Waals surface area contributed by atoms with Crippen molar-refractivity contribution in [1.82, 2.24) is 14.8 Å². The van der Waals surface area contributed by atoms with Crippen LogP contribution in [-0.4, -0.2) is 68.0 Å². The van der Waals surface area contributed by atoms with Crippen molar-refractivity contribution >= 4 is 12.0 Å². The standard InChI is InChI=1S/C25H40N4O3/c1-7-21(8-2)24(28-9-11-32-12-10-28)16-27-25(30)23(15-26)14-22-13-18(3)29(20(22)5)19(4)17-31-6/h13-14,19,21,24H,7-12,16-17H2,1-6H3,(H,27,30)/b23-14-. The lowest BCUT2D eigenvalue weighted by molar-refractivity contribution is -0.117. The molecule has 1 aliphatic rings. The molecule has 1 aromatic rings. The second-order valence-corrected chi connectivity index (χ2v) is 8.67. The van der Waals surface area contributed by atoms with Gasteiger partial charge in [0.2, 0.25) is 0 Å². The summed E-state index contributed by atoms with van der Waals surface area (Å²) >= 11 is 0. The first-order chi connectivity index (χ1) is 15.4. The topological polar surface area (TPSA) is 79.5 Å². The van der Waals surface area contributed by atoms with E-state index in [2.05, 4.69) is 41.6 Å². The van der Waals surface area contributed by atoms with Crippen LogP contribution in [0.2, 0.25) is 0 Å². The Morgan fingerprint density at radius 2 is 1.97 bits per heavy atom. The van der Waals surface area contributed by atoms with Gasteiger partial charge in [-0.1, -0.05) is 26.7 Å². The number of amides is 1. The van der Waals surface area contributed by atoms with E-state index in [-0.39, 0.29) is 23.6 Å². The van der Waals surface area contributed by atoms with Gasteiger partial charge >= 0.3 is 0 Å². The Morgan fingerprint density at radius 1 is 1.31 bits per heavy atom. The number of carbonyl (C=O) groups excluding carboxylic acids is 1. The second kappa shape index (κ2) is 12.8. The number of aryl methyl sites for hydroxylation is 1. The fourth-order valence-electron chi connectivity index (χ4n) is 4.88. The van der Waals surface area contributed by atoms with Gasteiger partial charge in [0.1, 0.15) is 11.6 Å². The number of rotatable bonds is 11. The van der Waals surface area contributed by atoms with Crippen molar-refractivity contribution in [3.63, 3.8) is 0 Å². The third kappa shape index (κ3) is 6.44. The largest absolute Gasteiger partial charge is 0.383 e. The number of nitrogens with zero attached hydrogens (tertiary/aromatic N) is 3. The van der Waals surface area contributed by atoms with Crippen LogP contribution in [0.4, 0.5) is 0 Å². The van der Waals surface area contributed by atoms with Gasteiger partial charge in [-0.15, -0.1) is 0 Å². The summed E-state index contributed by atoms with van der Waals surface area (Å²) in [4.78, 5) is 15.4. The molecule has 0 spiro atoms. The number of morpholine rings is 1. The number of ether oxygens (including phenoxy) is 2. The Labute approximate surface area is 193 Å². The molecule has 2 heterocycles. The van der Waals surface area contributed by atoms with Gasteiger partial charge in [-0.25, -0.2) is 0 Å². The molecule has 0 aliphatic carbocycles. The fourth-order valence-corrected chi connectivity index (χ4v) is 4.88. The Hall–Kier alpha value is -2.14. The Kier molecular flexibility index (Phi) is 10.4. The molecule has 0 saturated carbocycles. The van der Waals surface area contributed by atoms with Gasteiger partial charge < -0.3 is 19.4 Å². The number of aromatic nitrogens is 1. The molecule has 0 radical (unpaired) electrons. The molecule has 2 atom stereocenters. The number of hydrogen-bond donors (Lipinski definition) is 1. The molecule has 0 aromatic carbocycles. The van der Waals surface area contributed by atoms with Crippen molar-refractivity contribution in [2.75, 3.05) is 46.6 Å². The summed E-state index contributed by atoms with van der Waals surface area (Å²) in [5, 5.41) is 12.7. The maximum atomic E-state index is 12.9. The number of methoxy groups -OCH3 is 1. The quantitative estimate of drug-likeness (QED) is 0.418. The van der Waals surface area contributed by atoms with Crippen LogP contribution in [0.1, 0.15) is 56.6 Å². The second-order valence-electron chi connectivity index (χ2n) is 8.67. The molecule has 2 rings (SSSR count). The van der Waals surface area contributed by atoms with Crippen LogP contribution < -0.4 is 5.32 Å². The van der Waals surface area contributed by atoms with Crippen LogP contribution in [0, 0.1) is 31.1 Å². The predicted octanol–water partition coefficient (Wildman–Crippen LogP) is 3.47. The molecule has 1 fully saturated rings. The molecule has 7 nitrogen and oxygen atoms in total. The molecule has 1 N–H and O–H groups in total. The Morgan fingerprint density at radius 3 is 2.53 bits per heavy atom. The highest BCUT2D eigenvalue weighted by atomic mass is 16.5. The van der Waals surface area contributed by atoms with Gasteiger partial charge in [0.15, 0.2) is 0 Å². The zero-order valence-electron chi connectivity index (χ0n) is 20.6. The molecule has 7 heteroatoms. The number of hydrogen-bond acceptors (Lipinski definition) is 5. The summed E-state index contributed by atoms with van der Waals surface area (Å²) in [6, 6.07) is 4.55. The minimum absolute atomic E-state index is 0.134. The van der Waals surface area contributed by atoms with E-state index >= 15 is 0 Å². The lowest BCUT2D eigenvalue weighted by Crippen LogP contribution is -2.52. The fraction of sp³-hybridized carbons (Fsp3) is 0.680. The van der Waals surface area contributed by atoms with Crippen LogP contribution in [0.5, 0.6) is 0 Å². The Bertz CT molecular complexity index is 814. The van der Waals surface area contributed by atoms with Crippen molar-refractivity contribution in [1.29, 1.82) is 5.26 Å². The van der Waals surface area contributed by atoms with Crippen molar-refractivity contribution in [2.24, 2.45) is 5.92 Å². The zero-order chi connectivity index (χ0) is 23.7. The molecular weight excluding hydrogens is 404 g/mol. The molecule has 0 bridgehead atoms. The molecule has 1 aromatic heterocycles. The van der Waals surface area contributed by atoms with E-state index in [1.54, 1.807) is 13.2 Å². The first-order valence-corrected chi connectivity index (χ1v) is 11.8. The first kappa shape index (κ1) is 26.1. The summed E-state index contributed by atoms with van der Waals surface area (Å²) < 4.78 is 13.0. The van der Waals surface area contributed by atoms with Gasteiger partial charge in [0, 0.05) is 44.2 Å². The van der Waals surface area contributed by atoms with Crippen LogP contribution in [0.25, 0.3) is 6.08 Å². The van der Waals surface area contributed by atoms with Crippen molar-refractivity contribution in [3.05, 3.63) is 28.6 Å². The summed E-state index contributed by atoms with van der Waals surface area (Å²) in [7, 11) is 1.69. The normalized spacial score (nSPS) is 17.2. The highest BCUT2D eigenvalue weighted by Gasteiger charge is 2.27. The average molecular weight is 445 g/mol. The summed E-state index contributed by atoms with van der Waals surface area (Å²) in [6.45, 7) is 14.9. The van der Waals surface area contributed by atoms with Gasteiger partial charge in [-0.3, -0.25) is 9.69 Å².